The van der Waals surface area contributed by atoms with Crippen LogP contribution in [0.4, 0.5) is 0 Å². The molecule has 8 heteroatoms. The van der Waals surface area contributed by atoms with Gasteiger partial charge in [-0.3, -0.25) is 0 Å². The van der Waals surface area contributed by atoms with Gasteiger partial charge in [-0.1, -0.05) is 30.5 Å². The van der Waals surface area contributed by atoms with Crippen molar-refractivity contribution in [3.8, 4) is 0 Å². The molecule has 1 aliphatic rings. The van der Waals surface area contributed by atoms with Crippen LogP contribution >= 0.6 is 0 Å². The second kappa shape index (κ2) is 6.13. The molecule has 2 aromatic rings. The second-order valence-corrected chi connectivity index (χ2v) is 7.38. The number of sulfonamides is 1. The van der Waals surface area contributed by atoms with Gasteiger partial charge < -0.3 is 0 Å². The summed E-state index contributed by atoms with van der Waals surface area (Å²) < 4.78 is 28.9. The molecule has 118 valence electrons. The maximum Gasteiger partial charge on any atom is 0.240 e. The minimum Gasteiger partial charge on any atom is -0.225 e. The maximum absolute atomic E-state index is 12.3. The van der Waals surface area contributed by atoms with Crippen LogP contribution in [0.2, 0.25) is 0 Å². The van der Waals surface area contributed by atoms with Crippen LogP contribution in [0.3, 0.4) is 0 Å². The Morgan fingerprint density at radius 2 is 1.91 bits per heavy atom. The Morgan fingerprint density at radius 3 is 2.59 bits per heavy atom. The van der Waals surface area contributed by atoms with E-state index in [-0.39, 0.29) is 17.5 Å². The zero-order valence-corrected chi connectivity index (χ0v) is 13.3. The fraction of sp³-hybridized carbons (Fsp3) is 0.500. The highest BCUT2D eigenvalue weighted by Crippen LogP contribution is 2.29. The van der Waals surface area contributed by atoms with E-state index in [0.717, 1.165) is 18.4 Å². The highest BCUT2D eigenvalue weighted by atomic mass is 32.2. The molecule has 0 unspecified atom stereocenters. The van der Waals surface area contributed by atoms with E-state index in [0.29, 0.717) is 5.82 Å². The fourth-order valence-corrected chi connectivity index (χ4v) is 3.70. The third-order valence-electron chi connectivity index (χ3n) is 3.98. The molecule has 0 atom stereocenters. The van der Waals surface area contributed by atoms with Gasteiger partial charge in [0.05, 0.1) is 17.5 Å². The molecule has 1 aromatic carbocycles. The van der Waals surface area contributed by atoms with Gasteiger partial charge in [0.15, 0.2) is 5.82 Å². The first-order chi connectivity index (χ1) is 10.6. The summed E-state index contributed by atoms with van der Waals surface area (Å²) in [6.07, 6.45) is 4.42. The SMILES string of the molecule is Cc1ccc(S(=O)(=O)NCc2nnnn2C2CCCC2)cc1. The molecule has 0 radical (unpaired) electrons. The van der Waals surface area contributed by atoms with E-state index in [1.165, 1.54) is 12.8 Å². The number of nitrogens with zero attached hydrogens (tertiary/aromatic N) is 4. The number of tetrazole rings is 1. The number of nitrogens with one attached hydrogen (secondary N) is 1. The summed E-state index contributed by atoms with van der Waals surface area (Å²) in [5.41, 5.74) is 1.02. The van der Waals surface area contributed by atoms with E-state index in [9.17, 15) is 8.42 Å². The monoisotopic (exact) mass is 321 g/mol. The van der Waals surface area contributed by atoms with Crippen LogP contribution in [-0.2, 0) is 16.6 Å². The molecular formula is C14H19N5O2S. The zero-order valence-electron chi connectivity index (χ0n) is 12.4. The first kappa shape index (κ1) is 15.1. The van der Waals surface area contributed by atoms with Crippen molar-refractivity contribution >= 4 is 10.0 Å². The molecule has 22 heavy (non-hydrogen) atoms. The minimum atomic E-state index is -3.55. The van der Waals surface area contributed by atoms with Crippen molar-refractivity contribution in [2.75, 3.05) is 0 Å². The van der Waals surface area contributed by atoms with Crippen LogP contribution < -0.4 is 4.72 Å². The first-order valence-electron chi connectivity index (χ1n) is 7.39. The van der Waals surface area contributed by atoms with Crippen molar-refractivity contribution in [2.24, 2.45) is 0 Å². The van der Waals surface area contributed by atoms with Crippen LogP contribution in [0.25, 0.3) is 0 Å². The number of rotatable bonds is 5. The molecule has 1 heterocycles. The van der Waals surface area contributed by atoms with Gasteiger partial charge in [0.25, 0.3) is 0 Å². The van der Waals surface area contributed by atoms with Gasteiger partial charge in [0.2, 0.25) is 10.0 Å². The number of aryl methyl sites for hydroxylation is 1. The molecule has 0 bridgehead atoms. The highest BCUT2D eigenvalue weighted by molar-refractivity contribution is 7.89. The van der Waals surface area contributed by atoms with Crippen molar-refractivity contribution in [3.63, 3.8) is 0 Å². The van der Waals surface area contributed by atoms with Crippen LogP contribution in [0.15, 0.2) is 29.2 Å². The van der Waals surface area contributed by atoms with E-state index >= 15 is 0 Å². The van der Waals surface area contributed by atoms with E-state index in [1.807, 2.05) is 6.92 Å². The van der Waals surface area contributed by atoms with E-state index in [4.69, 9.17) is 0 Å². The molecule has 0 amide bonds. The number of hydrogen-bond donors (Lipinski definition) is 1. The molecule has 7 nitrogen and oxygen atoms in total. The molecule has 1 aliphatic carbocycles. The quantitative estimate of drug-likeness (QED) is 0.903. The lowest BCUT2D eigenvalue weighted by Crippen LogP contribution is -2.26. The Balaban J connectivity index is 1.72. The number of benzene rings is 1. The smallest absolute Gasteiger partial charge is 0.225 e. The third-order valence-corrected chi connectivity index (χ3v) is 5.40. The summed E-state index contributed by atoms with van der Waals surface area (Å²) in [7, 11) is -3.55. The summed E-state index contributed by atoms with van der Waals surface area (Å²) in [4.78, 5) is 0.248. The Bertz CT molecular complexity index is 733. The Labute approximate surface area is 129 Å². The predicted molar refractivity (Wildman–Crippen MR) is 80.5 cm³/mol. The molecule has 0 spiro atoms. The standard InChI is InChI=1S/C14H19N5O2S/c1-11-6-8-13(9-7-11)22(20,21)15-10-14-16-17-18-19(14)12-4-2-3-5-12/h6-9,12,15H,2-5,10H2,1H3. The van der Waals surface area contributed by atoms with Crippen LogP contribution in [0.1, 0.15) is 43.1 Å². The predicted octanol–water partition coefficient (Wildman–Crippen LogP) is 1.58. The molecule has 0 aliphatic heterocycles. The normalized spacial score (nSPS) is 16.2. The van der Waals surface area contributed by atoms with Crippen molar-refractivity contribution < 1.29 is 8.42 Å². The number of aromatic nitrogens is 4. The maximum atomic E-state index is 12.3. The van der Waals surface area contributed by atoms with Gasteiger partial charge in [0, 0.05) is 0 Å². The minimum absolute atomic E-state index is 0.0969. The van der Waals surface area contributed by atoms with Gasteiger partial charge in [-0.05, 0) is 42.3 Å². The van der Waals surface area contributed by atoms with E-state index in [1.54, 1.807) is 28.9 Å². The average molecular weight is 321 g/mol. The van der Waals surface area contributed by atoms with Gasteiger partial charge in [0.1, 0.15) is 0 Å². The van der Waals surface area contributed by atoms with E-state index in [2.05, 4.69) is 20.2 Å². The largest absolute Gasteiger partial charge is 0.240 e. The Morgan fingerprint density at radius 1 is 1.23 bits per heavy atom. The Kier molecular flexibility index (Phi) is 4.21. The lowest BCUT2D eigenvalue weighted by molar-refractivity contribution is 0.435. The van der Waals surface area contributed by atoms with Crippen LogP contribution in [0, 0.1) is 6.92 Å². The highest BCUT2D eigenvalue weighted by Gasteiger charge is 2.22. The second-order valence-electron chi connectivity index (χ2n) is 5.62. The topological polar surface area (TPSA) is 89.8 Å². The van der Waals surface area contributed by atoms with Gasteiger partial charge in [-0.15, -0.1) is 5.10 Å². The van der Waals surface area contributed by atoms with Gasteiger partial charge in [-0.2, -0.15) is 0 Å². The summed E-state index contributed by atoms with van der Waals surface area (Å²) in [5.74, 6) is 0.558. The van der Waals surface area contributed by atoms with Crippen LogP contribution in [0.5, 0.6) is 0 Å². The molecular weight excluding hydrogens is 302 g/mol. The Hall–Kier alpha value is -1.80. The van der Waals surface area contributed by atoms with Crippen molar-refractivity contribution in [1.29, 1.82) is 0 Å². The van der Waals surface area contributed by atoms with Gasteiger partial charge in [-0.25, -0.2) is 17.8 Å². The fourth-order valence-electron chi connectivity index (χ4n) is 2.72. The van der Waals surface area contributed by atoms with Crippen molar-refractivity contribution in [1.82, 2.24) is 24.9 Å². The summed E-state index contributed by atoms with van der Waals surface area (Å²) in [6, 6.07) is 7.03. The summed E-state index contributed by atoms with van der Waals surface area (Å²) in [5, 5.41) is 11.6. The number of hydrogen-bond acceptors (Lipinski definition) is 5. The molecule has 1 aromatic heterocycles. The van der Waals surface area contributed by atoms with Crippen molar-refractivity contribution in [3.05, 3.63) is 35.7 Å². The first-order valence-corrected chi connectivity index (χ1v) is 8.88. The summed E-state index contributed by atoms with van der Waals surface area (Å²) in [6.45, 7) is 2.01. The zero-order chi connectivity index (χ0) is 15.6. The lowest BCUT2D eigenvalue weighted by Gasteiger charge is -2.12. The molecule has 0 saturated heterocycles. The molecule has 3 rings (SSSR count). The van der Waals surface area contributed by atoms with Crippen molar-refractivity contribution in [2.45, 2.75) is 50.1 Å². The summed E-state index contributed by atoms with van der Waals surface area (Å²) >= 11 is 0. The lowest BCUT2D eigenvalue weighted by atomic mass is 10.2. The molecule has 1 saturated carbocycles. The molecule has 1 N–H and O–H groups in total. The third kappa shape index (κ3) is 3.17. The van der Waals surface area contributed by atoms with E-state index < -0.39 is 10.0 Å². The molecule has 1 fully saturated rings. The van der Waals surface area contributed by atoms with Gasteiger partial charge >= 0.3 is 0 Å². The average Bonchev–Trinajstić information content (AvgIpc) is 3.16. The van der Waals surface area contributed by atoms with Crippen LogP contribution in [-0.4, -0.2) is 28.6 Å².